The third-order valence-electron chi connectivity index (χ3n) is 4.91. The van der Waals surface area contributed by atoms with Crippen LogP contribution in [-0.2, 0) is 4.79 Å². The number of hydrogen-bond acceptors (Lipinski definition) is 5. The van der Waals surface area contributed by atoms with Crippen LogP contribution in [0.1, 0.15) is 25.8 Å². The molecule has 1 saturated heterocycles. The van der Waals surface area contributed by atoms with Crippen molar-refractivity contribution in [2.75, 3.05) is 13.2 Å². The molecule has 0 spiro atoms. The van der Waals surface area contributed by atoms with Crippen molar-refractivity contribution in [1.29, 1.82) is 0 Å². The second kappa shape index (κ2) is 9.90. The lowest BCUT2D eigenvalue weighted by molar-refractivity contribution is -0.121. The van der Waals surface area contributed by atoms with Crippen molar-refractivity contribution in [3.8, 4) is 22.7 Å². The highest BCUT2D eigenvalue weighted by molar-refractivity contribution is 8.26. The Morgan fingerprint density at radius 1 is 1.19 bits per heavy atom. The summed E-state index contributed by atoms with van der Waals surface area (Å²) >= 11 is 13.2. The first-order valence-electron chi connectivity index (χ1n) is 10.3. The van der Waals surface area contributed by atoms with Crippen LogP contribution in [0.4, 0.5) is 0 Å². The normalized spacial score (nSPS) is 15.1. The van der Waals surface area contributed by atoms with E-state index in [9.17, 15) is 4.79 Å². The standard InChI is InChI=1S/C24H22ClN3O2S2/c1-3-12-30-20-11-10-16(13-19(20)25)22-17(14-21-23(29)27(4-2)24(31)32-21)15-28(26-22)18-8-6-5-7-9-18/h5-11,13-15H,3-4,12H2,1-2H3/b21-14-. The number of amides is 1. The largest absolute Gasteiger partial charge is 0.492 e. The molecule has 0 bridgehead atoms. The summed E-state index contributed by atoms with van der Waals surface area (Å²) in [5.74, 6) is 0.562. The zero-order chi connectivity index (χ0) is 22.7. The molecular weight excluding hydrogens is 462 g/mol. The maximum Gasteiger partial charge on any atom is 0.266 e. The maximum absolute atomic E-state index is 12.8. The molecule has 1 aliphatic rings. The molecule has 2 aromatic carbocycles. The molecular formula is C24H22ClN3O2S2. The number of carbonyl (C=O) groups excluding carboxylic acids is 1. The highest BCUT2D eigenvalue weighted by Crippen LogP contribution is 2.36. The van der Waals surface area contributed by atoms with Gasteiger partial charge in [-0.25, -0.2) is 4.68 Å². The molecule has 0 N–H and O–H groups in total. The Kier molecular flexibility index (Phi) is 6.98. The van der Waals surface area contributed by atoms with Gasteiger partial charge < -0.3 is 4.74 Å². The van der Waals surface area contributed by atoms with Crippen LogP contribution >= 0.6 is 35.6 Å². The van der Waals surface area contributed by atoms with E-state index in [0.717, 1.165) is 28.9 Å². The summed E-state index contributed by atoms with van der Waals surface area (Å²) in [5.41, 5.74) is 3.29. The number of halogens is 1. The van der Waals surface area contributed by atoms with Gasteiger partial charge in [0.15, 0.2) is 0 Å². The van der Waals surface area contributed by atoms with Gasteiger partial charge in [-0.05, 0) is 49.8 Å². The van der Waals surface area contributed by atoms with E-state index in [0.29, 0.717) is 33.1 Å². The summed E-state index contributed by atoms with van der Waals surface area (Å²) in [6, 6.07) is 15.5. The van der Waals surface area contributed by atoms with E-state index in [2.05, 4.69) is 0 Å². The Morgan fingerprint density at radius 2 is 1.97 bits per heavy atom. The topological polar surface area (TPSA) is 47.4 Å². The molecule has 0 saturated carbocycles. The molecule has 164 valence electrons. The van der Waals surface area contributed by atoms with Gasteiger partial charge in [0, 0.05) is 23.9 Å². The fourth-order valence-corrected chi connectivity index (χ4v) is 4.93. The Labute approximate surface area is 202 Å². The average molecular weight is 484 g/mol. The number of ether oxygens (including phenoxy) is 1. The highest BCUT2D eigenvalue weighted by Gasteiger charge is 2.31. The van der Waals surface area contributed by atoms with Crippen LogP contribution in [0, 0.1) is 0 Å². The minimum Gasteiger partial charge on any atom is -0.492 e. The fourth-order valence-electron chi connectivity index (χ4n) is 3.32. The molecule has 4 rings (SSSR count). The van der Waals surface area contributed by atoms with Crippen molar-refractivity contribution in [2.45, 2.75) is 20.3 Å². The predicted octanol–water partition coefficient (Wildman–Crippen LogP) is 6.20. The minimum absolute atomic E-state index is 0.0812. The maximum atomic E-state index is 12.8. The number of likely N-dealkylation sites (N-methyl/N-ethyl adjacent to an activating group) is 1. The summed E-state index contributed by atoms with van der Waals surface area (Å²) in [5, 5.41) is 5.34. The summed E-state index contributed by atoms with van der Waals surface area (Å²) in [7, 11) is 0. The first-order valence-corrected chi connectivity index (χ1v) is 11.9. The van der Waals surface area contributed by atoms with Crippen molar-refractivity contribution >= 4 is 51.9 Å². The van der Waals surface area contributed by atoms with Crippen LogP contribution in [0.3, 0.4) is 0 Å². The molecule has 8 heteroatoms. The molecule has 32 heavy (non-hydrogen) atoms. The summed E-state index contributed by atoms with van der Waals surface area (Å²) in [4.78, 5) is 14.9. The van der Waals surface area contributed by atoms with E-state index in [-0.39, 0.29) is 5.91 Å². The SMILES string of the molecule is CCCOc1ccc(-c2nn(-c3ccccc3)cc2/C=C2\SC(=S)N(CC)C2=O)cc1Cl. The molecule has 1 fully saturated rings. The summed E-state index contributed by atoms with van der Waals surface area (Å²) < 4.78 is 8.08. The number of carbonyl (C=O) groups is 1. The number of thioether (sulfide) groups is 1. The van der Waals surface area contributed by atoms with Crippen molar-refractivity contribution in [3.05, 3.63) is 70.2 Å². The van der Waals surface area contributed by atoms with Crippen LogP contribution in [-0.4, -0.2) is 38.1 Å². The molecule has 1 aliphatic heterocycles. The zero-order valence-electron chi connectivity index (χ0n) is 17.7. The van der Waals surface area contributed by atoms with E-state index < -0.39 is 0 Å². The van der Waals surface area contributed by atoms with E-state index in [1.165, 1.54) is 11.8 Å². The van der Waals surface area contributed by atoms with Crippen molar-refractivity contribution in [2.24, 2.45) is 0 Å². The van der Waals surface area contributed by atoms with Gasteiger partial charge in [-0.2, -0.15) is 5.10 Å². The van der Waals surface area contributed by atoms with Gasteiger partial charge in [0.05, 0.1) is 22.2 Å². The molecule has 0 atom stereocenters. The molecule has 1 aromatic heterocycles. The quantitative estimate of drug-likeness (QED) is 0.295. The van der Waals surface area contributed by atoms with Crippen LogP contribution in [0.5, 0.6) is 5.75 Å². The van der Waals surface area contributed by atoms with Gasteiger partial charge in [0.2, 0.25) is 0 Å². The van der Waals surface area contributed by atoms with Gasteiger partial charge >= 0.3 is 0 Å². The molecule has 0 unspecified atom stereocenters. The zero-order valence-corrected chi connectivity index (χ0v) is 20.1. The van der Waals surface area contributed by atoms with E-state index in [1.807, 2.05) is 74.7 Å². The van der Waals surface area contributed by atoms with Crippen molar-refractivity contribution < 1.29 is 9.53 Å². The molecule has 0 radical (unpaired) electrons. The van der Waals surface area contributed by atoms with Gasteiger partial charge in [0.1, 0.15) is 15.8 Å². The second-order valence-electron chi connectivity index (χ2n) is 7.13. The molecule has 0 aliphatic carbocycles. The molecule has 2 heterocycles. The number of rotatable bonds is 7. The number of thiocarbonyl (C=S) groups is 1. The van der Waals surface area contributed by atoms with Crippen LogP contribution in [0.25, 0.3) is 23.0 Å². The molecule has 1 amide bonds. The number of nitrogens with zero attached hydrogens (tertiary/aromatic N) is 3. The lowest BCUT2D eigenvalue weighted by Gasteiger charge is -2.09. The lowest BCUT2D eigenvalue weighted by Crippen LogP contribution is -2.27. The lowest BCUT2D eigenvalue weighted by atomic mass is 10.1. The molecule has 3 aromatic rings. The van der Waals surface area contributed by atoms with Gasteiger partial charge in [-0.1, -0.05) is 60.7 Å². The Balaban J connectivity index is 1.79. The number of benzene rings is 2. The van der Waals surface area contributed by atoms with E-state index in [4.69, 9.17) is 33.7 Å². The average Bonchev–Trinajstić information content (AvgIpc) is 3.34. The first kappa shape index (κ1) is 22.6. The smallest absolute Gasteiger partial charge is 0.266 e. The van der Waals surface area contributed by atoms with E-state index in [1.54, 1.807) is 9.58 Å². The van der Waals surface area contributed by atoms with Crippen LogP contribution in [0.15, 0.2) is 59.6 Å². The third kappa shape index (κ3) is 4.60. The Bertz CT molecular complexity index is 1190. The number of aromatic nitrogens is 2. The van der Waals surface area contributed by atoms with E-state index >= 15 is 0 Å². The predicted molar refractivity (Wildman–Crippen MR) is 135 cm³/mol. The second-order valence-corrected chi connectivity index (χ2v) is 9.22. The summed E-state index contributed by atoms with van der Waals surface area (Å²) in [6.07, 6.45) is 4.67. The Hall–Kier alpha value is -2.61. The van der Waals surface area contributed by atoms with Gasteiger partial charge in [-0.3, -0.25) is 9.69 Å². The summed E-state index contributed by atoms with van der Waals surface area (Å²) in [6.45, 7) is 5.11. The monoisotopic (exact) mass is 483 g/mol. The molecule has 5 nitrogen and oxygen atoms in total. The third-order valence-corrected chi connectivity index (χ3v) is 6.58. The minimum atomic E-state index is -0.0812. The van der Waals surface area contributed by atoms with Crippen LogP contribution in [0.2, 0.25) is 5.02 Å². The number of hydrogen-bond donors (Lipinski definition) is 0. The fraction of sp³-hybridized carbons (Fsp3) is 0.208. The highest BCUT2D eigenvalue weighted by atomic mass is 35.5. The van der Waals surface area contributed by atoms with Gasteiger partial charge in [-0.15, -0.1) is 0 Å². The van der Waals surface area contributed by atoms with Crippen molar-refractivity contribution in [1.82, 2.24) is 14.7 Å². The number of para-hydroxylation sites is 1. The first-order chi connectivity index (χ1) is 15.5. The van der Waals surface area contributed by atoms with Gasteiger partial charge in [0.25, 0.3) is 5.91 Å². The Morgan fingerprint density at radius 3 is 2.62 bits per heavy atom. The van der Waals surface area contributed by atoms with Crippen LogP contribution < -0.4 is 4.74 Å². The van der Waals surface area contributed by atoms with Crippen molar-refractivity contribution in [3.63, 3.8) is 0 Å².